The highest BCUT2D eigenvalue weighted by Gasteiger charge is 2.35. The summed E-state index contributed by atoms with van der Waals surface area (Å²) in [5.41, 5.74) is -3.56. The molecule has 6 saturated heterocycles. The van der Waals surface area contributed by atoms with Gasteiger partial charge in [0.05, 0.1) is 77.9 Å². The minimum atomic E-state index is -3.37. The highest BCUT2D eigenvalue weighted by molar-refractivity contribution is 5.52. The fourth-order valence-corrected chi connectivity index (χ4v) is 14.1. The molecule has 12 aromatic carbocycles. The Morgan fingerprint density at radius 3 is 0.861 bits per heavy atom. The van der Waals surface area contributed by atoms with Crippen molar-refractivity contribution in [1.29, 1.82) is 0 Å². The van der Waals surface area contributed by atoms with Crippen LogP contribution in [0, 0.1) is 70.3 Å². The number of piperidine rings is 6. The molecular formula is C114H120F6N6O18. The molecule has 6 unspecified atom stereocenters. The van der Waals surface area contributed by atoms with Crippen LogP contribution >= 0.6 is 0 Å². The molecule has 144 heavy (non-hydrogen) atoms. The number of benzene rings is 12. The molecule has 12 aromatic rings. The third-order valence-electron chi connectivity index (χ3n) is 21.4. The predicted molar refractivity (Wildman–Crippen MR) is 529 cm³/mol. The van der Waals surface area contributed by atoms with Gasteiger partial charge in [0.25, 0.3) is 0 Å². The molecule has 24 rings (SSSR count). The number of hydrogen-bond acceptors (Lipinski definition) is 24. The average molecular weight is 2050 g/mol. The van der Waals surface area contributed by atoms with E-state index in [1.54, 1.807) is 0 Å². The Labute approximate surface area is 931 Å². The standard InChI is InChI=1S/6C19H20FNO3/c6*20-15-3-1-13(2-4-15)17-7-8-21-10-14(17)11-22-16-5-6-18-19(9-16)24-12-23-18/h6*1-6,9,14,17,21H,7-8,10-12H2/t6*14?,17-/m000000/s1/i1D,2D,3D,4D,8D2,10D2,12D2,14D,17D;1D,2D,3D,4D,8D2,10D2,11D2,12D2,14D;1D,2D,3D,4D,8D2,10D2,12D2,17D;1D,2D,3D,4D,8D2,10D2,12D2,14D;1D,2D,3D,4D,8D2,10D2,11D2,12D2;1D,2D,3D,4D,8D2,10D2,12D2. The van der Waals surface area contributed by atoms with Crippen LogP contribution in [-0.4, -0.2) is 158 Å². The van der Waals surface area contributed by atoms with Crippen LogP contribution in [-0.2, 0) is 0 Å². The Morgan fingerprint density at radius 1 is 0.243 bits per heavy atom. The number of ether oxygens (including phenoxy) is 18. The molecule has 24 nitrogen and oxygen atoms in total. The highest BCUT2D eigenvalue weighted by atomic mass is 19.1. The van der Waals surface area contributed by atoms with Gasteiger partial charge < -0.3 is 117 Å². The first-order valence-corrected chi connectivity index (χ1v) is 42.8. The number of fused-ring (bicyclic) bond motifs is 6. The predicted octanol–water partition coefficient (Wildman–Crippen LogP) is 20.0. The topological polar surface area (TPSA) is 238 Å². The van der Waals surface area contributed by atoms with Gasteiger partial charge in [-0.05, 0) is 292 Å². The zero-order valence-electron chi connectivity index (χ0n) is 143. The Balaban J connectivity index is 0.000000150. The van der Waals surface area contributed by atoms with Crippen LogP contribution in [0.1, 0.15) is 202 Å². The van der Waals surface area contributed by atoms with Crippen LogP contribution in [0.4, 0.5) is 26.3 Å². The third-order valence-corrected chi connectivity index (χ3v) is 21.4. The highest BCUT2D eigenvalue weighted by Crippen LogP contribution is 2.45. The average Bonchev–Trinajstić information content (AvgIpc) is 1.20. The Morgan fingerprint density at radius 2 is 0.486 bits per heavy atom. The molecule has 0 saturated carbocycles. The maximum atomic E-state index is 14.2. The molecular weight excluding hydrogens is 1860 g/mol. The van der Waals surface area contributed by atoms with Crippen LogP contribution in [0.15, 0.2) is 254 Å². The Kier molecular flexibility index (Phi) is 15.8. The Bertz CT molecular complexity index is 9980. The summed E-state index contributed by atoms with van der Waals surface area (Å²) in [4.78, 5) is 0. The zero-order chi connectivity index (χ0) is 159. The second-order valence-electron chi connectivity index (χ2n) is 30.5. The lowest BCUT2D eigenvalue weighted by atomic mass is 9.81. The first-order valence-electron chi connectivity index (χ1n) is 77.3. The molecule has 0 amide bonds. The van der Waals surface area contributed by atoms with Gasteiger partial charge in [0.2, 0.25) is 40.5 Å². The van der Waals surface area contributed by atoms with E-state index in [1.165, 1.54) is 91.0 Å². The van der Waals surface area contributed by atoms with Crippen molar-refractivity contribution in [2.75, 3.05) is 158 Å². The molecule has 12 heterocycles. The normalized spacial score (nSPS) is 38.4. The van der Waals surface area contributed by atoms with Crippen molar-refractivity contribution >= 4 is 0 Å². The van der Waals surface area contributed by atoms with Crippen LogP contribution < -0.4 is 117 Å². The number of halogens is 6. The van der Waals surface area contributed by atoms with Gasteiger partial charge in [0, 0.05) is 151 Å². The summed E-state index contributed by atoms with van der Waals surface area (Å²) in [5.74, 6) is -33.6. The van der Waals surface area contributed by atoms with Crippen LogP contribution in [0.25, 0.3) is 0 Å². The van der Waals surface area contributed by atoms with Gasteiger partial charge in [0.15, 0.2) is 69.0 Å². The zero-order valence-corrected chi connectivity index (χ0v) is 73.6. The summed E-state index contributed by atoms with van der Waals surface area (Å²) in [6.45, 7) is -55.3. The van der Waals surface area contributed by atoms with Gasteiger partial charge >= 0.3 is 0 Å². The van der Waals surface area contributed by atoms with E-state index >= 15 is 0 Å². The SMILES string of the molecule is [2H]c1c([2H])c([C@@H]2CC([2H])([2H])NC([2H])([2H])C2([2H])C([2H])([2H])Oc2ccc3c(c2)OC([2H])([2H])O3)c([2H])c([2H])c1F.[2H]c1c([2H])c([C@@H]2CC([2H])([2H])NC([2H])([2H])C2([2H])COc2ccc3c(c2)OC([2H])([2H])O3)c([2H])c([2H])c1F.[2H]c1c([2H])c([C@@H]2CC([2H])([2H])NC([2H])([2H])C2C([2H])([2H])Oc2ccc3c(c2)OC([2H])([2H])O3)c([2H])c([2H])c1F.[2H]c1c([2H])c([C@@H]2CC([2H])([2H])NC([2H])([2H])C2COc2ccc3c(c2)OC([2H])([2H])O3)c([2H])c([2H])c1F.[2H]c1c([2H])c([C@]2([2H])CC([2H])([2H])NC([2H])([2H])C2([2H])COc2ccc3c(c2)OC([2H])([2H])O3)c([2H])c([2H])c1F.[2H]c1c([2H])c([C@]2([2H])CC([2H])([2H])NC([2H])([2H])C2COc2ccc3c(c2)OC([2H])([2H])O3)c([2H])c([2H])c1F. The van der Waals surface area contributed by atoms with E-state index in [9.17, 15) is 26.3 Å². The lowest BCUT2D eigenvalue weighted by Crippen LogP contribution is -2.38. The van der Waals surface area contributed by atoms with E-state index in [4.69, 9.17) is 180 Å². The molecule has 0 spiro atoms. The summed E-state index contributed by atoms with van der Waals surface area (Å²) < 4.78 is 737. The molecule has 756 valence electrons. The smallest absolute Gasteiger partial charge is 0.231 e. The molecule has 12 atom stereocenters. The first kappa shape index (κ1) is 46.2. The minimum Gasteiger partial charge on any atom is -0.493 e. The lowest BCUT2D eigenvalue weighted by Gasteiger charge is -2.32. The van der Waals surface area contributed by atoms with Crippen LogP contribution in [0.5, 0.6) is 103 Å². The van der Waals surface area contributed by atoms with E-state index < -0.39 is 469 Å². The minimum absolute atomic E-state index is 0.00214. The fraction of sp³-hybridized carbons (Fsp3) is 0.368. The lowest BCUT2D eigenvalue weighted by molar-refractivity contribution is 0.173. The maximum Gasteiger partial charge on any atom is 0.231 e. The van der Waals surface area contributed by atoms with Crippen molar-refractivity contribution in [2.45, 2.75) is 74.0 Å². The molecule has 6 fully saturated rings. The molecule has 12 aliphatic rings. The van der Waals surface area contributed by atoms with Gasteiger partial charge in [0.1, 0.15) is 85.8 Å². The second kappa shape index (κ2) is 49.1. The van der Waals surface area contributed by atoms with Gasteiger partial charge in [-0.3, -0.25) is 0 Å². The van der Waals surface area contributed by atoms with E-state index in [1.807, 2.05) is 10.6 Å². The fourth-order valence-electron chi connectivity index (χ4n) is 14.1. The van der Waals surface area contributed by atoms with Crippen LogP contribution in [0.3, 0.4) is 0 Å². The van der Waals surface area contributed by atoms with Crippen molar-refractivity contribution in [3.05, 3.63) is 322 Å². The monoisotopic (exact) mass is 2040 g/mol. The van der Waals surface area contributed by atoms with Crippen molar-refractivity contribution in [2.24, 2.45) is 35.4 Å². The maximum absolute atomic E-state index is 14.2. The third kappa shape index (κ3) is 26.5. The van der Waals surface area contributed by atoms with E-state index in [0.29, 0.717) is 0 Å². The molecule has 0 aromatic heterocycles. The van der Waals surface area contributed by atoms with Crippen LogP contribution in [0.2, 0.25) is 0 Å². The van der Waals surface area contributed by atoms with Gasteiger partial charge in [-0.2, -0.15) is 0 Å². The van der Waals surface area contributed by atoms with Gasteiger partial charge in [-0.1, -0.05) is 72.5 Å². The quantitative estimate of drug-likeness (QED) is 0.0308. The summed E-state index contributed by atoms with van der Waals surface area (Å²) in [6, 6.07) is -0.314. The summed E-state index contributed by atoms with van der Waals surface area (Å²) in [6.07, 6.45) is -4.37. The molecule has 6 N–H and O–H groups in total. The summed E-state index contributed by atoms with van der Waals surface area (Å²) in [5, 5.41) is 12.5. The largest absolute Gasteiger partial charge is 0.493 e. The van der Waals surface area contributed by atoms with Gasteiger partial charge in [-0.25, -0.2) is 26.3 Å². The second-order valence-corrected chi connectivity index (χ2v) is 30.5. The first-order chi connectivity index (χ1) is 97.0. The summed E-state index contributed by atoms with van der Waals surface area (Å²) >= 11 is 0. The van der Waals surface area contributed by atoms with Crippen molar-refractivity contribution in [3.63, 3.8) is 0 Å². The number of hydrogen-bond donors (Lipinski definition) is 6. The van der Waals surface area contributed by atoms with Crippen molar-refractivity contribution in [3.8, 4) is 103 Å². The van der Waals surface area contributed by atoms with Crippen molar-refractivity contribution < 1.29 is 206 Å². The molecule has 30 heteroatoms. The van der Waals surface area contributed by atoms with E-state index in [-0.39, 0.29) is 116 Å². The number of nitrogens with one attached hydrogen (secondary N) is 6. The summed E-state index contributed by atoms with van der Waals surface area (Å²) in [7, 11) is 0. The molecule has 0 bridgehead atoms. The molecule has 0 radical (unpaired) electrons. The van der Waals surface area contributed by atoms with E-state index in [2.05, 4.69) is 21.3 Å². The van der Waals surface area contributed by atoms with Crippen molar-refractivity contribution in [1.82, 2.24) is 31.9 Å². The molecule has 12 aliphatic heterocycles. The molecule has 0 aliphatic carbocycles. The Hall–Kier alpha value is -13.6. The van der Waals surface area contributed by atoms with E-state index in [0.717, 1.165) is 18.2 Å². The van der Waals surface area contributed by atoms with Gasteiger partial charge in [-0.15, -0.1) is 0 Å². The number of rotatable bonds is 24.